The molecule has 5 heteroatoms. The summed E-state index contributed by atoms with van der Waals surface area (Å²) >= 11 is 5.99. The Bertz CT molecular complexity index is 798. The highest BCUT2D eigenvalue weighted by Crippen LogP contribution is 2.34. The third kappa shape index (κ3) is 5.41. The summed E-state index contributed by atoms with van der Waals surface area (Å²) in [6, 6.07) is 15.7. The van der Waals surface area contributed by atoms with Crippen molar-refractivity contribution in [3.8, 4) is 0 Å². The van der Waals surface area contributed by atoms with E-state index in [2.05, 4.69) is 29.3 Å². The number of hydrogen-bond acceptors (Lipinski definition) is 3. The van der Waals surface area contributed by atoms with Crippen molar-refractivity contribution in [3.63, 3.8) is 0 Å². The van der Waals surface area contributed by atoms with Gasteiger partial charge in [0, 0.05) is 41.3 Å². The molecular weight excluding hydrogens is 360 g/mol. The van der Waals surface area contributed by atoms with Crippen LogP contribution in [-0.4, -0.2) is 29.2 Å². The van der Waals surface area contributed by atoms with Gasteiger partial charge >= 0.3 is 0 Å². The number of nitrogens with zero attached hydrogens (tertiary/aromatic N) is 1. The minimum absolute atomic E-state index is 0.0143. The van der Waals surface area contributed by atoms with E-state index in [4.69, 9.17) is 11.6 Å². The van der Waals surface area contributed by atoms with Gasteiger partial charge in [-0.05, 0) is 68.7 Å². The second-order valence-electron chi connectivity index (χ2n) is 7.13. The largest absolute Gasteiger partial charge is 0.326 e. The number of nitrogens with one attached hydrogen (secondary N) is 1. The third-order valence-corrected chi connectivity index (χ3v) is 5.29. The number of amides is 1. The summed E-state index contributed by atoms with van der Waals surface area (Å²) in [6.07, 6.45) is 2.81. The molecule has 0 heterocycles. The first-order valence-electron chi connectivity index (χ1n) is 9.36. The Balaban J connectivity index is 1.56. The van der Waals surface area contributed by atoms with Gasteiger partial charge in [0.2, 0.25) is 5.91 Å². The van der Waals surface area contributed by atoms with E-state index >= 15 is 0 Å². The van der Waals surface area contributed by atoms with Crippen molar-refractivity contribution in [2.75, 3.05) is 11.9 Å². The van der Waals surface area contributed by atoms with Crippen molar-refractivity contribution < 1.29 is 9.59 Å². The molecule has 1 aliphatic carbocycles. The molecule has 1 saturated carbocycles. The Kier molecular flexibility index (Phi) is 6.30. The molecular formula is C22H25ClN2O2. The lowest BCUT2D eigenvalue weighted by Crippen LogP contribution is -2.32. The van der Waals surface area contributed by atoms with Crippen LogP contribution < -0.4 is 5.32 Å². The first kappa shape index (κ1) is 19.6. The zero-order chi connectivity index (χ0) is 19.4. The molecule has 1 fully saturated rings. The smallest absolute Gasteiger partial charge is 0.225 e. The molecule has 1 atom stereocenters. The zero-order valence-electron chi connectivity index (χ0n) is 15.7. The van der Waals surface area contributed by atoms with E-state index in [-0.39, 0.29) is 17.7 Å². The van der Waals surface area contributed by atoms with Crippen LogP contribution in [-0.2, 0) is 4.79 Å². The molecule has 2 aromatic carbocycles. The van der Waals surface area contributed by atoms with Crippen molar-refractivity contribution in [2.45, 2.75) is 45.2 Å². The van der Waals surface area contributed by atoms with Gasteiger partial charge in [-0.3, -0.25) is 14.5 Å². The monoisotopic (exact) mass is 384 g/mol. The number of benzene rings is 2. The van der Waals surface area contributed by atoms with Crippen LogP contribution in [0, 0.1) is 0 Å². The fraction of sp³-hybridized carbons (Fsp3) is 0.364. The highest BCUT2D eigenvalue weighted by atomic mass is 35.5. The Labute approximate surface area is 165 Å². The normalized spacial score (nSPS) is 14.8. The Hall–Kier alpha value is -2.17. The van der Waals surface area contributed by atoms with Gasteiger partial charge in [-0.2, -0.15) is 0 Å². The fourth-order valence-corrected chi connectivity index (χ4v) is 3.40. The molecule has 1 aliphatic rings. The van der Waals surface area contributed by atoms with Crippen LogP contribution in [0.2, 0.25) is 5.02 Å². The summed E-state index contributed by atoms with van der Waals surface area (Å²) in [6.45, 7) is 4.42. The molecule has 4 nitrogen and oxygen atoms in total. The van der Waals surface area contributed by atoms with Crippen LogP contribution in [0.1, 0.15) is 55.1 Å². The molecule has 142 valence electrons. The van der Waals surface area contributed by atoms with Crippen LogP contribution in [0.4, 0.5) is 5.69 Å². The standard InChI is InChI=1S/C22H25ClN2O2/c1-15(17-3-7-19(23)8-4-17)25(21-11-12-21)14-13-22(27)24-20-9-5-18(6-10-20)16(2)26/h3-10,15,21H,11-14H2,1-2H3,(H,24,27). The maximum atomic E-state index is 12.4. The highest BCUT2D eigenvalue weighted by Gasteiger charge is 2.32. The number of carbonyl (C=O) groups excluding carboxylic acids is 2. The molecule has 1 unspecified atom stereocenters. The topological polar surface area (TPSA) is 49.4 Å². The lowest BCUT2D eigenvalue weighted by Gasteiger charge is -2.29. The second-order valence-corrected chi connectivity index (χ2v) is 7.56. The van der Waals surface area contributed by atoms with E-state index in [9.17, 15) is 9.59 Å². The summed E-state index contributed by atoms with van der Waals surface area (Å²) in [4.78, 5) is 26.1. The molecule has 0 radical (unpaired) electrons. The summed E-state index contributed by atoms with van der Waals surface area (Å²) in [5, 5.41) is 3.65. The van der Waals surface area contributed by atoms with Crippen LogP contribution in [0.25, 0.3) is 0 Å². The first-order chi connectivity index (χ1) is 12.9. The van der Waals surface area contributed by atoms with Crippen LogP contribution in [0.3, 0.4) is 0 Å². The van der Waals surface area contributed by atoms with E-state index in [1.54, 1.807) is 24.3 Å². The first-order valence-corrected chi connectivity index (χ1v) is 9.74. The minimum Gasteiger partial charge on any atom is -0.326 e. The van der Waals surface area contributed by atoms with Gasteiger partial charge in [-0.25, -0.2) is 0 Å². The predicted octanol–water partition coefficient (Wildman–Crippen LogP) is 5.10. The van der Waals surface area contributed by atoms with Gasteiger partial charge in [0.1, 0.15) is 0 Å². The summed E-state index contributed by atoms with van der Waals surface area (Å²) in [7, 11) is 0. The van der Waals surface area contributed by atoms with Crippen molar-refractivity contribution in [2.24, 2.45) is 0 Å². The maximum absolute atomic E-state index is 12.4. The molecule has 0 saturated heterocycles. The van der Waals surface area contributed by atoms with Gasteiger partial charge in [0.05, 0.1) is 0 Å². The van der Waals surface area contributed by atoms with E-state index in [0.29, 0.717) is 30.3 Å². The number of Topliss-reactive ketones (excluding diaryl/α,β-unsaturated/α-hetero) is 1. The summed E-state index contributed by atoms with van der Waals surface area (Å²) < 4.78 is 0. The van der Waals surface area contributed by atoms with Crippen molar-refractivity contribution in [1.29, 1.82) is 0 Å². The van der Waals surface area contributed by atoms with Crippen LogP contribution in [0.5, 0.6) is 0 Å². The number of halogens is 1. The lowest BCUT2D eigenvalue weighted by molar-refractivity contribution is -0.116. The van der Waals surface area contributed by atoms with E-state index in [1.165, 1.54) is 25.3 Å². The lowest BCUT2D eigenvalue weighted by atomic mass is 10.1. The number of carbonyl (C=O) groups is 2. The maximum Gasteiger partial charge on any atom is 0.225 e. The number of rotatable bonds is 8. The fourth-order valence-electron chi connectivity index (χ4n) is 3.27. The number of anilines is 1. The molecule has 27 heavy (non-hydrogen) atoms. The zero-order valence-corrected chi connectivity index (χ0v) is 16.5. The number of hydrogen-bond donors (Lipinski definition) is 1. The summed E-state index contributed by atoms with van der Waals surface area (Å²) in [5.41, 5.74) is 2.57. The molecule has 3 rings (SSSR count). The van der Waals surface area contributed by atoms with E-state index in [1.807, 2.05) is 12.1 Å². The molecule has 0 bridgehead atoms. The summed E-state index contributed by atoms with van der Waals surface area (Å²) in [5.74, 6) is 0.00340. The molecule has 0 aromatic heterocycles. The van der Waals surface area contributed by atoms with E-state index < -0.39 is 0 Å². The van der Waals surface area contributed by atoms with Gasteiger partial charge < -0.3 is 5.32 Å². The van der Waals surface area contributed by atoms with Crippen molar-refractivity contribution in [3.05, 3.63) is 64.7 Å². The van der Waals surface area contributed by atoms with Gasteiger partial charge in [-0.1, -0.05) is 23.7 Å². The molecule has 0 aliphatic heterocycles. The molecule has 0 spiro atoms. The van der Waals surface area contributed by atoms with Crippen molar-refractivity contribution in [1.82, 2.24) is 4.90 Å². The highest BCUT2D eigenvalue weighted by molar-refractivity contribution is 6.30. The van der Waals surface area contributed by atoms with Crippen molar-refractivity contribution >= 4 is 29.0 Å². The third-order valence-electron chi connectivity index (χ3n) is 5.04. The Morgan fingerprint density at radius 1 is 1.11 bits per heavy atom. The van der Waals surface area contributed by atoms with Crippen LogP contribution >= 0.6 is 11.6 Å². The van der Waals surface area contributed by atoms with Gasteiger partial charge in [-0.15, -0.1) is 0 Å². The number of ketones is 1. The molecule has 2 aromatic rings. The Morgan fingerprint density at radius 3 is 2.30 bits per heavy atom. The van der Waals surface area contributed by atoms with Crippen LogP contribution in [0.15, 0.2) is 48.5 Å². The minimum atomic E-state index is -0.0143. The predicted molar refractivity (Wildman–Crippen MR) is 109 cm³/mol. The van der Waals surface area contributed by atoms with Gasteiger partial charge in [0.15, 0.2) is 5.78 Å². The quantitative estimate of drug-likeness (QED) is 0.644. The Morgan fingerprint density at radius 2 is 1.74 bits per heavy atom. The average Bonchev–Trinajstić information content (AvgIpc) is 3.48. The SMILES string of the molecule is CC(=O)c1ccc(NC(=O)CCN(C2CC2)C(C)c2ccc(Cl)cc2)cc1. The second kappa shape index (κ2) is 8.68. The molecule has 1 N–H and O–H groups in total. The van der Waals surface area contributed by atoms with Gasteiger partial charge in [0.25, 0.3) is 0 Å². The molecule has 1 amide bonds. The van der Waals surface area contributed by atoms with E-state index in [0.717, 1.165) is 5.02 Å². The average molecular weight is 385 g/mol.